The van der Waals surface area contributed by atoms with Gasteiger partial charge in [0.2, 0.25) is 0 Å². The minimum Gasteiger partial charge on any atom is -0.489 e. The average molecular weight is 757 g/mol. The van der Waals surface area contributed by atoms with E-state index >= 15 is 0 Å². The zero-order chi connectivity index (χ0) is 30.2. The Hall–Kier alpha value is -3.84. The summed E-state index contributed by atoms with van der Waals surface area (Å²) in [6.45, 7) is 0.589. The number of halogens is 3. The van der Waals surface area contributed by atoms with Crippen LogP contribution in [0.4, 0.5) is 11.4 Å². The Morgan fingerprint density at radius 1 is 0.465 bits per heavy atom. The summed E-state index contributed by atoms with van der Waals surface area (Å²) < 4.78 is 8.90. The Kier molecular flexibility index (Phi) is 10.4. The molecule has 7 aromatic carbocycles. The van der Waals surface area contributed by atoms with E-state index in [0.29, 0.717) is 6.61 Å². The smallest absolute Gasteiger partial charge is 0.121 e. The van der Waals surface area contributed by atoms with Crippen molar-refractivity contribution in [2.24, 2.45) is 0 Å². The van der Waals surface area contributed by atoms with E-state index < -0.39 is 0 Å². The van der Waals surface area contributed by atoms with Crippen molar-refractivity contribution in [3.8, 4) is 5.75 Å². The van der Waals surface area contributed by atoms with E-state index in [0.717, 1.165) is 46.7 Å². The third kappa shape index (κ3) is 7.77. The van der Waals surface area contributed by atoms with Gasteiger partial charge in [0.05, 0.1) is 5.69 Å². The molecule has 0 bridgehead atoms. The molecule has 0 aliphatic carbocycles. The van der Waals surface area contributed by atoms with Gasteiger partial charge in [0.1, 0.15) is 12.4 Å². The molecule has 0 radical (unpaired) electrons. The Morgan fingerprint density at radius 3 is 1.74 bits per heavy atom. The molecule has 0 heterocycles. The molecule has 4 N–H and O–H groups in total. The summed E-state index contributed by atoms with van der Waals surface area (Å²) in [5.74, 6) is 0.884. The molecule has 0 saturated carbocycles. The number of fused-ring (bicyclic) bond motifs is 3. The van der Waals surface area contributed by atoms with Gasteiger partial charge in [-0.1, -0.05) is 147 Å². The zero-order valence-electron chi connectivity index (χ0n) is 23.2. The molecular formula is C37H29Br3N2O. The lowest BCUT2D eigenvalue weighted by Crippen LogP contribution is -1.95. The summed E-state index contributed by atoms with van der Waals surface area (Å²) >= 11 is 10.5. The van der Waals surface area contributed by atoms with Gasteiger partial charge >= 0.3 is 0 Å². The monoisotopic (exact) mass is 754 g/mol. The van der Waals surface area contributed by atoms with E-state index in [2.05, 4.69) is 90.3 Å². The van der Waals surface area contributed by atoms with Gasteiger partial charge in [-0.2, -0.15) is 0 Å². The molecule has 214 valence electrons. The minimum absolute atomic E-state index is 0.589. The maximum atomic E-state index is 5.92. The minimum atomic E-state index is 0.589. The van der Waals surface area contributed by atoms with Gasteiger partial charge in [0, 0.05) is 29.9 Å². The second-order valence-corrected chi connectivity index (χ2v) is 12.3. The first-order chi connectivity index (χ1) is 20.9. The van der Waals surface area contributed by atoms with Crippen LogP contribution >= 0.6 is 47.8 Å². The van der Waals surface area contributed by atoms with Crippen LogP contribution in [0.25, 0.3) is 32.3 Å². The highest BCUT2D eigenvalue weighted by atomic mass is 79.9. The van der Waals surface area contributed by atoms with Crippen molar-refractivity contribution in [1.82, 2.24) is 0 Å². The van der Waals surface area contributed by atoms with Crippen LogP contribution in [0.15, 0.2) is 153 Å². The maximum absolute atomic E-state index is 5.92. The standard InChI is InChI=1S/C17H13BrO.C10H7Br2N.C10H9N/c18-17-11-15(10-14-8-4-5-9-16(14)17)19-12-13-6-2-1-3-7-13;11-8-5-9(12)10(13)7-4-2-1-3-6(7)8;11-10-7-3-5-8-4-1-2-6-9(8)10/h1-11H,12H2;1-5H,13H2;1-7H,11H2. The number of nitrogen functional groups attached to an aromatic ring is 2. The topological polar surface area (TPSA) is 61.3 Å². The van der Waals surface area contributed by atoms with Crippen molar-refractivity contribution in [3.63, 3.8) is 0 Å². The molecule has 0 fully saturated rings. The lowest BCUT2D eigenvalue weighted by atomic mass is 10.1. The normalized spacial score (nSPS) is 10.5. The predicted octanol–water partition coefficient (Wildman–Crippen LogP) is 11.6. The van der Waals surface area contributed by atoms with Gasteiger partial charge in [0.25, 0.3) is 0 Å². The maximum Gasteiger partial charge on any atom is 0.121 e. The van der Waals surface area contributed by atoms with E-state index in [-0.39, 0.29) is 0 Å². The SMILES string of the molecule is Brc1cc(OCc2ccccc2)cc2ccccc12.Nc1c(Br)cc(Br)c2ccccc12.Nc1cccc2ccccc12. The number of nitrogens with two attached hydrogens (primary N) is 2. The Bertz CT molecular complexity index is 1990. The second-order valence-electron chi connectivity index (χ2n) is 9.77. The summed E-state index contributed by atoms with van der Waals surface area (Å²) in [5.41, 5.74) is 14.5. The summed E-state index contributed by atoms with van der Waals surface area (Å²) in [4.78, 5) is 0. The number of ether oxygens (including phenoxy) is 1. The highest BCUT2D eigenvalue weighted by Crippen LogP contribution is 2.34. The molecule has 3 nitrogen and oxygen atoms in total. The molecule has 0 aliphatic heterocycles. The van der Waals surface area contributed by atoms with Gasteiger partial charge in [-0.05, 0) is 67.3 Å². The summed E-state index contributed by atoms with van der Waals surface area (Å²) in [5, 5.41) is 6.93. The van der Waals surface area contributed by atoms with Crippen molar-refractivity contribution in [2.75, 3.05) is 11.5 Å². The van der Waals surface area contributed by atoms with Crippen molar-refractivity contribution in [1.29, 1.82) is 0 Å². The van der Waals surface area contributed by atoms with Crippen molar-refractivity contribution < 1.29 is 4.74 Å². The number of anilines is 2. The van der Waals surface area contributed by atoms with Crippen LogP contribution in [0.1, 0.15) is 5.56 Å². The van der Waals surface area contributed by atoms with Crippen molar-refractivity contribution in [2.45, 2.75) is 6.61 Å². The van der Waals surface area contributed by atoms with E-state index in [1.807, 2.05) is 97.1 Å². The first-order valence-corrected chi connectivity index (χ1v) is 16.0. The van der Waals surface area contributed by atoms with Gasteiger partial charge < -0.3 is 16.2 Å². The number of hydrogen-bond donors (Lipinski definition) is 2. The van der Waals surface area contributed by atoms with Crippen LogP contribution in [0.5, 0.6) is 5.75 Å². The highest BCUT2D eigenvalue weighted by Gasteiger charge is 2.05. The van der Waals surface area contributed by atoms with Crippen LogP contribution in [-0.4, -0.2) is 0 Å². The Balaban J connectivity index is 0.000000134. The van der Waals surface area contributed by atoms with Crippen LogP contribution in [-0.2, 0) is 6.61 Å². The summed E-state index contributed by atoms with van der Waals surface area (Å²) in [7, 11) is 0. The number of benzene rings is 7. The van der Waals surface area contributed by atoms with Crippen LogP contribution in [0, 0.1) is 0 Å². The molecule has 7 rings (SSSR count). The molecule has 0 aromatic heterocycles. The van der Waals surface area contributed by atoms with Crippen molar-refractivity contribution in [3.05, 3.63) is 159 Å². The molecule has 7 aromatic rings. The van der Waals surface area contributed by atoms with E-state index in [1.165, 1.54) is 21.7 Å². The summed E-state index contributed by atoms with van der Waals surface area (Å²) in [6.07, 6.45) is 0. The van der Waals surface area contributed by atoms with E-state index in [4.69, 9.17) is 16.2 Å². The fraction of sp³-hybridized carbons (Fsp3) is 0.0270. The van der Waals surface area contributed by atoms with Crippen LogP contribution in [0.3, 0.4) is 0 Å². The molecule has 0 saturated heterocycles. The third-order valence-electron chi connectivity index (χ3n) is 6.84. The van der Waals surface area contributed by atoms with Crippen LogP contribution in [0.2, 0.25) is 0 Å². The number of hydrogen-bond acceptors (Lipinski definition) is 3. The van der Waals surface area contributed by atoms with Gasteiger partial charge in [-0.3, -0.25) is 0 Å². The Morgan fingerprint density at radius 2 is 1.02 bits per heavy atom. The molecule has 0 unspecified atom stereocenters. The third-order valence-corrected chi connectivity index (χ3v) is 8.81. The molecule has 6 heteroatoms. The quantitative estimate of drug-likeness (QED) is 0.177. The largest absolute Gasteiger partial charge is 0.489 e. The summed E-state index contributed by atoms with van der Waals surface area (Å²) in [6, 6.07) is 46.6. The fourth-order valence-electron chi connectivity index (χ4n) is 4.63. The van der Waals surface area contributed by atoms with Gasteiger partial charge in [-0.15, -0.1) is 0 Å². The first kappa shape index (κ1) is 30.6. The van der Waals surface area contributed by atoms with E-state index in [1.54, 1.807) is 0 Å². The Labute approximate surface area is 276 Å². The van der Waals surface area contributed by atoms with Gasteiger partial charge in [0.15, 0.2) is 0 Å². The fourth-order valence-corrected chi connectivity index (χ4v) is 6.55. The van der Waals surface area contributed by atoms with Crippen molar-refractivity contribution >= 4 is 91.5 Å². The van der Waals surface area contributed by atoms with E-state index in [9.17, 15) is 0 Å². The molecule has 0 atom stereocenters. The molecule has 0 aliphatic rings. The van der Waals surface area contributed by atoms with Crippen LogP contribution < -0.4 is 16.2 Å². The highest BCUT2D eigenvalue weighted by molar-refractivity contribution is 9.11. The molecule has 43 heavy (non-hydrogen) atoms. The predicted molar refractivity (Wildman–Crippen MR) is 195 cm³/mol. The zero-order valence-corrected chi connectivity index (χ0v) is 27.9. The molecular weight excluding hydrogens is 728 g/mol. The average Bonchev–Trinajstić information content (AvgIpc) is 3.04. The molecule has 0 spiro atoms. The number of rotatable bonds is 3. The van der Waals surface area contributed by atoms with Gasteiger partial charge in [-0.25, -0.2) is 0 Å². The first-order valence-electron chi connectivity index (χ1n) is 13.6. The second kappa shape index (κ2) is 14.6. The lowest BCUT2D eigenvalue weighted by Gasteiger charge is -2.09. The lowest BCUT2D eigenvalue weighted by molar-refractivity contribution is 0.306. The molecule has 0 amide bonds.